The molecule has 0 amide bonds. The van der Waals surface area contributed by atoms with Gasteiger partial charge in [0.2, 0.25) is 0 Å². The molecule has 0 spiro atoms. The van der Waals surface area contributed by atoms with Crippen molar-refractivity contribution in [1.82, 2.24) is 5.32 Å². The normalized spacial score (nSPS) is 15.4. The zero-order valence-corrected chi connectivity index (χ0v) is 11.2. The Morgan fingerprint density at radius 1 is 1.35 bits per heavy atom. The first-order chi connectivity index (χ1) is 8.12. The standard InChI is InChI=1S/C15H24N2/c1-4-6-12-15(16,17-13(3)5-2)14-10-8-7-9-11-14/h5,7-11,17H,4,6,12,16H2,1-3H3/b13-5+. The van der Waals surface area contributed by atoms with Crippen LogP contribution in [0.1, 0.15) is 45.6 Å². The molecule has 0 saturated carbocycles. The van der Waals surface area contributed by atoms with Gasteiger partial charge in [-0.3, -0.25) is 0 Å². The molecule has 2 heteroatoms. The van der Waals surface area contributed by atoms with Crippen LogP contribution in [-0.2, 0) is 5.66 Å². The summed E-state index contributed by atoms with van der Waals surface area (Å²) in [5.41, 5.74) is 8.35. The van der Waals surface area contributed by atoms with Crippen LogP contribution in [0.2, 0.25) is 0 Å². The SMILES string of the molecule is C/C=C(\C)NC(N)(CCCC)c1ccccc1. The Kier molecular flexibility index (Phi) is 5.23. The first kappa shape index (κ1) is 13.8. The summed E-state index contributed by atoms with van der Waals surface area (Å²) in [6.07, 6.45) is 5.27. The molecule has 1 aromatic carbocycles. The molecule has 0 radical (unpaired) electrons. The summed E-state index contributed by atoms with van der Waals surface area (Å²) in [5.74, 6) is 0. The van der Waals surface area contributed by atoms with Crippen LogP contribution in [0.4, 0.5) is 0 Å². The third-order valence-electron chi connectivity index (χ3n) is 3.07. The van der Waals surface area contributed by atoms with Crippen LogP contribution in [0.5, 0.6) is 0 Å². The lowest BCUT2D eigenvalue weighted by Gasteiger charge is -2.32. The van der Waals surface area contributed by atoms with E-state index in [0.717, 1.165) is 30.5 Å². The van der Waals surface area contributed by atoms with Crippen molar-refractivity contribution in [3.63, 3.8) is 0 Å². The summed E-state index contributed by atoms with van der Waals surface area (Å²) in [7, 11) is 0. The number of unbranched alkanes of at least 4 members (excludes halogenated alkanes) is 1. The van der Waals surface area contributed by atoms with E-state index >= 15 is 0 Å². The number of benzene rings is 1. The van der Waals surface area contributed by atoms with Crippen LogP contribution in [0.3, 0.4) is 0 Å². The van der Waals surface area contributed by atoms with Gasteiger partial charge in [-0.1, -0.05) is 49.8 Å². The molecule has 0 fully saturated rings. The zero-order chi connectivity index (χ0) is 12.7. The molecule has 94 valence electrons. The quantitative estimate of drug-likeness (QED) is 0.737. The van der Waals surface area contributed by atoms with E-state index in [4.69, 9.17) is 5.73 Å². The number of rotatable bonds is 6. The summed E-state index contributed by atoms with van der Waals surface area (Å²) in [6, 6.07) is 10.3. The molecular weight excluding hydrogens is 208 g/mol. The summed E-state index contributed by atoms with van der Waals surface area (Å²) in [4.78, 5) is 0. The molecular formula is C15H24N2. The van der Waals surface area contributed by atoms with Crippen molar-refractivity contribution in [1.29, 1.82) is 0 Å². The monoisotopic (exact) mass is 232 g/mol. The van der Waals surface area contributed by atoms with Gasteiger partial charge in [-0.25, -0.2) is 0 Å². The van der Waals surface area contributed by atoms with Gasteiger partial charge >= 0.3 is 0 Å². The molecule has 0 aromatic heterocycles. The van der Waals surface area contributed by atoms with Crippen LogP contribution in [-0.4, -0.2) is 0 Å². The fourth-order valence-electron chi connectivity index (χ4n) is 1.89. The van der Waals surface area contributed by atoms with Crippen molar-refractivity contribution in [2.24, 2.45) is 5.73 Å². The van der Waals surface area contributed by atoms with Gasteiger partial charge in [0.05, 0.1) is 0 Å². The molecule has 17 heavy (non-hydrogen) atoms. The van der Waals surface area contributed by atoms with E-state index in [9.17, 15) is 0 Å². The summed E-state index contributed by atoms with van der Waals surface area (Å²) in [5, 5.41) is 3.43. The highest BCUT2D eigenvalue weighted by molar-refractivity contribution is 5.24. The topological polar surface area (TPSA) is 38.0 Å². The number of allylic oxidation sites excluding steroid dienone is 2. The van der Waals surface area contributed by atoms with Gasteiger partial charge in [-0.05, 0) is 32.3 Å². The van der Waals surface area contributed by atoms with Crippen molar-refractivity contribution in [2.45, 2.75) is 45.7 Å². The van der Waals surface area contributed by atoms with Crippen molar-refractivity contribution < 1.29 is 0 Å². The lowest BCUT2D eigenvalue weighted by Crippen LogP contribution is -2.49. The fraction of sp³-hybridized carbons (Fsp3) is 0.467. The highest BCUT2D eigenvalue weighted by Crippen LogP contribution is 2.22. The van der Waals surface area contributed by atoms with Crippen LogP contribution >= 0.6 is 0 Å². The minimum absolute atomic E-state index is 0.451. The Labute approximate surface area is 105 Å². The van der Waals surface area contributed by atoms with Gasteiger partial charge in [0, 0.05) is 5.70 Å². The van der Waals surface area contributed by atoms with Gasteiger partial charge in [0.15, 0.2) is 0 Å². The van der Waals surface area contributed by atoms with Crippen LogP contribution in [0.15, 0.2) is 42.1 Å². The first-order valence-electron chi connectivity index (χ1n) is 6.38. The second-order valence-corrected chi connectivity index (χ2v) is 4.54. The Hall–Kier alpha value is -1.28. The average molecular weight is 232 g/mol. The van der Waals surface area contributed by atoms with Crippen molar-refractivity contribution in [3.05, 3.63) is 47.7 Å². The van der Waals surface area contributed by atoms with E-state index in [0.29, 0.717) is 0 Å². The second-order valence-electron chi connectivity index (χ2n) is 4.54. The number of hydrogen-bond acceptors (Lipinski definition) is 2. The predicted molar refractivity (Wildman–Crippen MR) is 74.4 cm³/mol. The maximum Gasteiger partial charge on any atom is 0.112 e. The second kappa shape index (κ2) is 6.45. The largest absolute Gasteiger partial charge is 0.368 e. The van der Waals surface area contributed by atoms with Gasteiger partial charge < -0.3 is 11.1 Å². The van der Waals surface area contributed by atoms with E-state index < -0.39 is 5.66 Å². The number of nitrogens with one attached hydrogen (secondary N) is 1. The summed E-state index contributed by atoms with van der Waals surface area (Å²) in [6.45, 7) is 6.26. The van der Waals surface area contributed by atoms with Crippen molar-refractivity contribution in [2.75, 3.05) is 0 Å². The molecule has 0 saturated heterocycles. The highest BCUT2D eigenvalue weighted by atomic mass is 15.1. The third kappa shape index (κ3) is 3.90. The van der Waals surface area contributed by atoms with Crippen LogP contribution < -0.4 is 11.1 Å². The molecule has 0 heterocycles. The smallest absolute Gasteiger partial charge is 0.112 e. The van der Waals surface area contributed by atoms with Crippen molar-refractivity contribution >= 4 is 0 Å². The minimum Gasteiger partial charge on any atom is -0.368 e. The first-order valence-corrected chi connectivity index (χ1v) is 6.38. The maximum atomic E-state index is 6.53. The summed E-state index contributed by atoms with van der Waals surface area (Å²) >= 11 is 0. The van der Waals surface area contributed by atoms with Gasteiger partial charge in [-0.2, -0.15) is 0 Å². The van der Waals surface area contributed by atoms with E-state index in [2.05, 4.69) is 37.4 Å². The predicted octanol–water partition coefficient (Wildman–Crippen LogP) is 3.50. The Morgan fingerprint density at radius 2 is 2.00 bits per heavy atom. The average Bonchev–Trinajstić information content (AvgIpc) is 2.37. The molecule has 2 nitrogen and oxygen atoms in total. The lowest BCUT2D eigenvalue weighted by molar-refractivity contribution is 0.339. The lowest BCUT2D eigenvalue weighted by atomic mass is 9.94. The third-order valence-corrected chi connectivity index (χ3v) is 3.07. The molecule has 0 aliphatic heterocycles. The highest BCUT2D eigenvalue weighted by Gasteiger charge is 2.25. The molecule has 1 atom stereocenters. The van der Waals surface area contributed by atoms with Gasteiger partial charge in [0.25, 0.3) is 0 Å². The van der Waals surface area contributed by atoms with Crippen LogP contribution in [0, 0.1) is 0 Å². The Balaban J connectivity index is 2.93. The van der Waals surface area contributed by atoms with E-state index in [-0.39, 0.29) is 0 Å². The summed E-state index contributed by atoms with van der Waals surface area (Å²) < 4.78 is 0. The fourth-order valence-corrected chi connectivity index (χ4v) is 1.89. The minimum atomic E-state index is -0.451. The molecule has 1 unspecified atom stereocenters. The number of nitrogens with two attached hydrogens (primary N) is 1. The maximum absolute atomic E-state index is 6.53. The van der Waals surface area contributed by atoms with Crippen LogP contribution in [0.25, 0.3) is 0 Å². The molecule has 0 aliphatic rings. The molecule has 1 aromatic rings. The molecule has 3 N–H and O–H groups in total. The van der Waals surface area contributed by atoms with Crippen molar-refractivity contribution in [3.8, 4) is 0 Å². The van der Waals surface area contributed by atoms with E-state index in [1.807, 2.05) is 25.1 Å². The number of hydrogen-bond donors (Lipinski definition) is 2. The molecule has 0 aliphatic carbocycles. The van der Waals surface area contributed by atoms with E-state index in [1.54, 1.807) is 0 Å². The molecule has 0 bridgehead atoms. The van der Waals surface area contributed by atoms with Gasteiger partial charge in [-0.15, -0.1) is 0 Å². The van der Waals surface area contributed by atoms with Gasteiger partial charge in [0.1, 0.15) is 5.66 Å². The Morgan fingerprint density at radius 3 is 2.53 bits per heavy atom. The molecule has 1 rings (SSSR count). The zero-order valence-electron chi connectivity index (χ0n) is 11.2. The van der Waals surface area contributed by atoms with E-state index in [1.165, 1.54) is 0 Å². The Bertz CT molecular complexity index is 356.